The quantitative estimate of drug-likeness (QED) is 0.870. The SMILES string of the molecule is c1cc(CN2CC[C@H]3[C@H]2CCN3c2nncs2)cs1. The summed E-state index contributed by atoms with van der Waals surface area (Å²) < 4.78 is 0. The first-order chi connectivity index (χ1) is 9.42. The van der Waals surface area contributed by atoms with Crippen LogP contribution in [0.25, 0.3) is 0 Å². The molecular formula is C13H16N4S2. The number of rotatable bonds is 3. The van der Waals surface area contributed by atoms with Gasteiger partial charge in [-0.15, -0.1) is 10.2 Å². The molecule has 2 aromatic rings. The van der Waals surface area contributed by atoms with Gasteiger partial charge in [0.05, 0.1) is 0 Å². The molecule has 0 N–H and O–H groups in total. The highest BCUT2D eigenvalue weighted by molar-refractivity contribution is 7.13. The molecule has 6 heteroatoms. The number of anilines is 1. The van der Waals surface area contributed by atoms with Gasteiger partial charge in [0.15, 0.2) is 0 Å². The maximum absolute atomic E-state index is 4.24. The van der Waals surface area contributed by atoms with Gasteiger partial charge in [0.2, 0.25) is 5.13 Å². The monoisotopic (exact) mass is 292 g/mol. The Morgan fingerprint density at radius 2 is 2.21 bits per heavy atom. The van der Waals surface area contributed by atoms with Crippen molar-refractivity contribution in [3.8, 4) is 0 Å². The Labute approximate surface area is 120 Å². The maximum atomic E-state index is 4.24. The molecule has 100 valence electrons. The highest BCUT2D eigenvalue weighted by Crippen LogP contribution is 2.36. The van der Waals surface area contributed by atoms with E-state index in [1.807, 2.05) is 5.51 Å². The standard InChI is InChI=1S/C13H16N4S2/c1-4-16(7-10-3-6-18-8-10)11-2-5-17(12(1)11)13-15-14-9-19-13/h3,6,8-9,11-12H,1-2,4-5,7H2/t11-,12+/m1/s1. The molecule has 0 radical (unpaired) electrons. The van der Waals surface area contributed by atoms with Gasteiger partial charge < -0.3 is 4.90 Å². The molecule has 0 aliphatic carbocycles. The highest BCUT2D eigenvalue weighted by Gasteiger charge is 2.43. The van der Waals surface area contributed by atoms with Crippen LogP contribution in [0, 0.1) is 0 Å². The first-order valence-electron chi connectivity index (χ1n) is 6.70. The van der Waals surface area contributed by atoms with Gasteiger partial charge in [0.1, 0.15) is 5.51 Å². The van der Waals surface area contributed by atoms with E-state index in [2.05, 4.69) is 36.8 Å². The largest absolute Gasteiger partial charge is 0.342 e. The Hall–Kier alpha value is -0.980. The molecule has 2 aliphatic rings. The molecule has 19 heavy (non-hydrogen) atoms. The minimum atomic E-state index is 0.645. The molecule has 4 nitrogen and oxygen atoms in total. The van der Waals surface area contributed by atoms with Crippen molar-refractivity contribution in [1.82, 2.24) is 15.1 Å². The summed E-state index contributed by atoms with van der Waals surface area (Å²) in [6, 6.07) is 3.59. The predicted octanol–water partition coefficient (Wildman–Crippen LogP) is 2.45. The molecule has 4 rings (SSSR count). The topological polar surface area (TPSA) is 32.3 Å². The third-order valence-corrected chi connectivity index (χ3v) is 5.71. The number of fused-ring (bicyclic) bond motifs is 1. The summed E-state index contributed by atoms with van der Waals surface area (Å²) in [7, 11) is 0. The summed E-state index contributed by atoms with van der Waals surface area (Å²) in [4.78, 5) is 5.11. The number of hydrogen-bond donors (Lipinski definition) is 0. The fraction of sp³-hybridized carbons (Fsp3) is 0.538. The average Bonchev–Trinajstić information content (AvgIpc) is 3.15. The zero-order valence-corrected chi connectivity index (χ0v) is 12.2. The molecule has 0 amide bonds. The molecule has 2 atom stereocenters. The summed E-state index contributed by atoms with van der Waals surface area (Å²) in [5.41, 5.74) is 3.29. The summed E-state index contributed by atoms with van der Waals surface area (Å²) in [6.45, 7) is 3.44. The lowest BCUT2D eigenvalue weighted by Crippen LogP contribution is -2.36. The van der Waals surface area contributed by atoms with Gasteiger partial charge in [-0.2, -0.15) is 11.3 Å². The lowest BCUT2D eigenvalue weighted by Gasteiger charge is -2.24. The van der Waals surface area contributed by atoms with Gasteiger partial charge in [-0.05, 0) is 35.2 Å². The van der Waals surface area contributed by atoms with Gasteiger partial charge >= 0.3 is 0 Å². The van der Waals surface area contributed by atoms with E-state index < -0.39 is 0 Å². The second-order valence-electron chi connectivity index (χ2n) is 5.23. The zero-order chi connectivity index (χ0) is 12.7. The van der Waals surface area contributed by atoms with Crippen LogP contribution in [0.4, 0.5) is 5.13 Å². The Bertz CT molecular complexity index is 525. The van der Waals surface area contributed by atoms with Crippen molar-refractivity contribution in [3.63, 3.8) is 0 Å². The molecule has 0 saturated carbocycles. The fourth-order valence-electron chi connectivity index (χ4n) is 3.42. The molecule has 2 aliphatic heterocycles. The van der Waals surface area contributed by atoms with Crippen LogP contribution in [0.3, 0.4) is 0 Å². The van der Waals surface area contributed by atoms with Gasteiger partial charge in [0.25, 0.3) is 0 Å². The molecule has 2 aromatic heterocycles. The number of hydrogen-bond acceptors (Lipinski definition) is 6. The Kier molecular flexibility index (Phi) is 3.01. The van der Waals surface area contributed by atoms with Crippen molar-refractivity contribution in [2.45, 2.75) is 31.5 Å². The fourth-order valence-corrected chi connectivity index (χ4v) is 4.72. The van der Waals surface area contributed by atoms with Crippen molar-refractivity contribution in [1.29, 1.82) is 0 Å². The van der Waals surface area contributed by atoms with Crippen LogP contribution in [0.1, 0.15) is 18.4 Å². The number of likely N-dealkylation sites (tertiary alicyclic amines) is 1. The molecule has 2 saturated heterocycles. The second-order valence-corrected chi connectivity index (χ2v) is 6.82. The minimum absolute atomic E-state index is 0.645. The van der Waals surface area contributed by atoms with E-state index in [0.717, 1.165) is 18.2 Å². The van der Waals surface area contributed by atoms with Crippen molar-refractivity contribution in [2.75, 3.05) is 18.0 Å². The molecule has 2 fully saturated rings. The minimum Gasteiger partial charge on any atom is -0.342 e. The molecule has 0 unspecified atom stereocenters. The summed E-state index contributed by atoms with van der Waals surface area (Å²) in [5.74, 6) is 0. The van der Waals surface area contributed by atoms with Crippen LogP contribution in [-0.4, -0.2) is 40.3 Å². The highest BCUT2D eigenvalue weighted by atomic mass is 32.1. The molecular weight excluding hydrogens is 276 g/mol. The zero-order valence-electron chi connectivity index (χ0n) is 10.6. The van der Waals surface area contributed by atoms with E-state index in [4.69, 9.17) is 0 Å². The van der Waals surface area contributed by atoms with Crippen molar-refractivity contribution in [2.24, 2.45) is 0 Å². The van der Waals surface area contributed by atoms with Crippen LogP contribution in [0.15, 0.2) is 22.3 Å². The third kappa shape index (κ3) is 2.07. The average molecular weight is 292 g/mol. The number of nitrogens with zero attached hydrogens (tertiary/aromatic N) is 4. The van der Waals surface area contributed by atoms with Crippen LogP contribution < -0.4 is 4.90 Å². The van der Waals surface area contributed by atoms with Gasteiger partial charge in [-0.3, -0.25) is 4.90 Å². The number of thiophene rings is 1. The van der Waals surface area contributed by atoms with Crippen LogP contribution >= 0.6 is 22.7 Å². The van der Waals surface area contributed by atoms with E-state index >= 15 is 0 Å². The van der Waals surface area contributed by atoms with Gasteiger partial charge in [-0.1, -0.05) is 11.3 Å². The Morgan fingerprint density at radius 1 is 1.26 bits per heavy atom. The van der Waals surface area contributed by atoms with Crippen molar-refractivity contribution in [3.05, 3.63) is 27.9 Å². The van der Waals surface area contributed by atoms with Crippen molar-refractivity contribution < 1.29 is 0 Å². The van der Waals surface area contributed by atoms with Crippen LogP contribution in [0.2, 0.25) is 0 Å². The maximum Gasteiger partial charge on any atom is 0.208 e. The van der Waals surface area contributed by atoms with E-state index in [9.17, 15) is 0 Å². The predicted molar refractivity (Wildman–Crippen MR) is 78.8 cm³/mol. The Balaban J connectivity index is 1.49. The van der Waals surface area contributed by atoms with E-state index in [1.54, 1.807) is 22.7 Å². The van der Waals surface area contributed by atoms with E-state index in [1.165, 1.54) is 24.9 Å². The molecule has 0 bridgehead atoms. The first kappa shape index (κ1) is 11.8. The first-order valence-corrected chi connectivity index (χ1v) is 8.52. The normalized spacial score (nSPS) is 27.1. The Morgan fingerprint density at radius 3 is 3.00 bits per heavy atom. The number of aromatic nitrogens is 2. The summed E-state index contributed by atoms with van der Waals surface area (Å²) >= 11 is 3.46. The lowest BCUT2D eigenvalue weighted by atomic mass is 10.1. The lowest BCUT2D eigenvalue weighted by molar-refractivity contribution is 0.246. The van der Waals surface area contributed by atoms with E-state index in [0.29, 0.717) is 12.1 Å². The summed E-state index contributed by atoms with van der Waals surface area (Å²) in [5, 5.41) is 13.8. The van der Waals surface area contributed by atoms with Crippen LogP contribution in [0.5, 0.6) is 0 Å². The van der Waals surface area contributed by atoms with Crippen LogP contribution in [-0.2, 0) is 6.54 Å². The smallest absolute Gasteiger partial charge is 0.208 e. The molecule has 0 spiro atoms. The van der Waals surface area contributed by atoms with Crippen molar-refractivity contribution >= 4 is 27.8 Å². The summed E-state index contributed by atoms with van der Waals surface area (Å²) in [6.07, 6.45) is 2.52. The van der Waals surface area contributed by atoms with E-state index in [-0.39, 0.29) is 0 Å². The van der Waals surface area contributed by atoms with Gasteiger partial charge in [0, 0.05) is 31.7 Å². The molecule has 4 heterocycles. The molecule has 0 aromatic carbocycles. The second kappa shape index (κ2) is 4.85. The third-order valence-electron chi connectivity index (χ3n) is 4.25. The van der Waals surface area contributed by atoms with Gasteiger partial charge in [-0.25, -0.2) is 0 Å².